The SMILES string of the molecule is CN1CCCC(N(C)C(=O)Cn2c(-c3ccccc3)c(C3CCCCC3)c3ccc(-c4noc(=O)[nH]4)cc32)C1. The van der Waals surface area contributed by atoms with Crippen molar-refractivity contribution in [2.45, 2.75) is 63.5 Å². The third-order valence-corrected chi connectivity index (χ3v) is 8.71. The summed E-state index contributed by atoms with van der Waals surface area (Å²) in [6.45, 7) is 2.23. The number of carbonyl (C=O) groups is 1. The summed E-state index contributed by atoms with van der Waals surface area (Å²) in [7, 11) is 4.08. The number of H-pyrrole nitrogens is 1. The number of benzene rings is 2. The first-order valence-electron chi connectivity index (χ1n) is 14.2. The number of hydrogen-bond acceptors (Lipinski definition) is 5. The van der Waals surface area contributed by atoms with Crippen molar-refractivity contribution in [3.63, 3.8) is 0 Å². The maximum atomic E-state index is 13.9. The Morgan fingerprint density at radius 3 is 2.56 bits per heavy atom. The highest BCUT2D eigenvalue weighted by molar-refractivity contribution is 5.96. The number of carbonyl (C=O) groups excluding carboxylic acids is 1. The van der Waals surface area contributed by atoms with Crippen molar-refractivity contribution in [1.29, 1.82) is 0 Å². The Hall–Kier alpha value is -3.65. The third kappa shape index (κ3) is 5.05. The van der Waals surface area contributed by atoms with Crippen LogP contribution >= 0.6 is 0 Å². The molecule has 1 aliphatic heterocycles. The summed E-state index contributed by atoms with van der Waals surface area (Å²) >= 11 is 0. The highest BCUT2D eigenvalue weighted by Gasteiger charge is 2.30. The fourth-order valence-corrected chi connectivity index (χ4v) is 6.66. The van der Waals surface area contributed by atoms with Crippen LogP contribution < -0.4 is 5.76 Å². The van der Waals surface area contributed by atoms with Gasteiger partial charge in [-0.2, -0.15) is 0 Å². The summed E-state index contributed by atoms with van der Waals surface area (Å²) in [5, 5.41) is 5.09. The monoisotopic (exact) mass is 527 g/mol. The van der Waals surface area contributed by atoms with E-state index in [2.05, 4.69) is 57.0 Å². The van der Waals surface area contributed by atoms with Crippen LogP contribution in [-0.2, 0) is 11.3 Å². The number of fused-ring (bicyclic) bond motifs is 1. The minimum atomic E-state index is -0.581. The molecule has 1 amide bonds. The number of amides is 1. The fraction of sp³-hybridized carbons (Fsp3) is 0.452. The van der Waals surface area contributed by atoms with Crippen molar-refractivity contribution in [1.82, 2.24) is 24.5 Å². The average molecular weight is 528 g/mol. The molecular weight excluding hydrogens is 490 g/mol. The van der Waals surface area contributed by atoms with E-state index in [-0.39, 0.29) is 18.5 Å². The number of likely N-dealkylation sites (N-methyl/N-ethyl adjacent to an activating group) is 2. The van der Waals surface area contributed by atoms with E-state index in [0.29, 0.717) is 11.7 Å². The first-order valence-corrected chi connectivity index (χ1v) is 14.2. The molecule has 1 aliphatic carbocycles. The Bertz CT molecular complexity index is 1510. The van der Waals surface area contributed by atoms with Gasteiger partial charge in [-0.25, -0.2) is 4.79 Å². The maximum absolute atomic E-state index is 13.9. The number of hydrogen-bond donors (Lipinski definition) is 1. The van der Waals surface area contributed by atoms with Gasteiger partial charge in [-0.15, -0.1) is 0 Å². The maximum Gasteiger partial charge on any atom is 0.439 e. The predicted molar refractivity (Wildman–Crippen MR) is 153 cm³/mol. The third-order valence-electron chi connectivity index (χ3n) is 8.71. The number of nitrogens with one attached hydrogen (secondary N) is 1. The van der Waals surface area contributed by atoms with Crippen LogP contribution in [0.3, 0.4) is 0 Å². The van der Waals surface area contributed by atoms with Crippen molar-refractivity contribution in [3.8, 4) is 22.6 Å². The Morgan fingerprint density at radius 1 is 1.05 bits per heavy atom. The van der Waals surface area contributed by atoms with Gasteiger partial charge >= 0.3 is 5.76 Å². The van der Waals surface area contributed by atoms with E-state index in [4.69, 9.17) is 4.52 Å². The summed E-state index contributed by atoms with van der Waals surface area (Å²) in [6.07, 6.45) is 8.16. The second-order valence-corrected chi connectivity index (χ2v) is 11.3. The van der Waals surface area contributed by atoms with E-state index in [1.807, 2.05) is 30.1 Å². The molecule has 3 heterocycles. The van der Waals surface area contributed by atoms with Crippen LogP contribution in [0.5, 0.6) is 0 Å². The normalized spacial score (nSPS) is 19.0. The van der Waals surface area contributed by atoms with Gasteiger partial charge in [-0.1, -0.05) is 66.9 Å². The molecule has 1 saturated heterocycles. The number of aromatic nitrogens is 3. The van der Waals surface area contributed by atoms with Gasteiger partial charge in [0.1, 0.15) is 6.54 Å². The predicted octanol–water partition coefficient (Wildman–Crippen LogP) is 5.25. The Morgan fingerprint density at radius 2 is 1.85 bits per heavy atom. The molecule has 1 atom stereocenters. The van der Waals surface area contributed by atoms with E-state index in [1.165, 1.54) is 30.2 Å². The van der Waals surface area contributed by atoms with Gasteiger partial charge in [0.25, 0.3) is 0 Å². The largest absolute Gasteiger partial charge is 0.439 e. The molecule has 2 aliphatic rings. The first kappa shape index (κ1) is 25.6. The minimum Gasteiger partial charge on any atom is -0.340 e. The lowest BCUT2D eigenvalue weighted by Gasteiger charge is -2.36. The van der Waals surface area contributed by atoms with Gasteiger partial charge in [-0.05, 0) is 62.4 Å². The van der Waals surface area contributed by atoms with Crippen molar-refractivity contribution in [3.05, 3.63) is 64.6 Å². The zero-order chi connectivity index (χ0) is 26.9. The van der Waals surface area contributed by atoms with Crippen molar-refractivity contribution >= 4 is 16.8 Å². The van der Waals surface area contributed by atoms with Crippen LogP contribution in [0.25, 0.3) is 33.5 Å². The summed E-state index contributed by atoms with van der Waals surface area (Å²) in [4.78, 5) is 32.5. The molecule has 6 rings (SSSR count). The molecule has 204 valence electrons. The molecule has 1 unspecified atom stereocenters. The van der Waals surface area contributed by atoms with Crippen LogP contribution in [0, 0.1) is 0 Å². The molecule has 8 nitrogen and oxygen atoms in total. The van der Waals surface area contributed by atoms with E-state index < -0.39 is 5.76 Å². The number of rotatable bonds is 6. The van der Waals surface area contributed by atoms with Gasteiger partial charge in [0.05, 0.1) is 11.2 Å². The van der Waals surface area contributed by atoms with Crippen molar-refractivity contribution < 1.29 is 9.32 Å². The quantitative estimate of drug-likeness (QED) is 0.370. The van der Waals surface area contributed by atoms with Crippen molar-refractivity contribution in [2.75, 3.05) is 27.2 Å². The molecule has 4 aromatic rings. The summed E-state index contributed by atoms with van der Waals surface area (Å²) in [5.74, 6) is 0.362. The average Bonchev–Trinajstić information content (AvgIpc) is 3.54. The van der Waals surface area contributed by atoms with E-state index in [9.17, 15) is 9.59 Å². The Kier molecular flexibility index (Phi) is 7.12. The van der Waals surface area contributed by atoms with Gasteiger partial charge in [0.15, 0.2) is 5.82 Å². The summed E-state index contributed by atoms with van der Waals surface area (Å²) in [5.41, 5.74) is 5.34. The van der Waals surface area contributed by atoms with Crippen LogP contribution in [0.1, 0.15) is 56.4 Å². The summed E-state index contributed by atoms with van der Waals surface area (Å²) in [6, 6.07) is 16.9. The lowest BCUT2D eigenvalue weighted by molar-refractivity contribution is -0.133. The van der Waals surface area contributed by atoms with Gasteiger partial charge in [0.2, 0.25) is 5.91 Å². The Balaban J connectivity index is 1.51. The molecule has 0 spiro atoms. The second-order valence-electron chi connectivity index (χ2n) is 11.3. The molecule has 2 aromatic heterocycles. The first-order chi connectivity index (χ1) is 19.0. The lowest BCUT2D eigenvalue weighted by atomic mass is 9.82. The van der Waals surface area contributed by atoms with Crippen LogP contribution in [-0.4, -0.2) is 63.6 Å². The number of nitrogens with zero attached hydrogens (tertiary/aromatic N) is 4. The smallest absolute Gasteiger partial charge is 0.340 e. The molecule has 39 heavy (non-hydrogen) atoms. The number of piperidine rings is 1. The highest BCUT2D eigenvalue weighted by Crippen LogP contribution is 2.44. The zero-order valence-electron chi connectivity index (χ0n) is 22.9. The zero-order valence-corrected chi connectivity index (χ0v) is 22.9. The Labute approximate surface area is 228 Å². The molecule has 2 fully saturated rings. The molecule has 8 heteroatoms. The van der Waals surface area contributed by atoms with Gasteiger partial charge in [0, 0.05) is 30.6 Å². The van der Waals surface area contributed by atoms with Crippen molar-refractivity contribution in [2.24, 2.45) is 0 Å². The highest BCUT2D eigenvalue weighted by atomic mass is 16.5. The molecule has 0 bridgehead atoms. The van der Waals surface area contributed by atoms with E-state index in [0.717, 1.165) is 61.1 Å². The number of aromatic amines is 1. The molecule has 0 radical (unpaired) electrons. The molecule has 1 saturated carbocycles. The minimum absolute atomic E-state index is 0.111. The van der Waals surface area contributed by atoms with E-state index in [1.54, 1.807) is 0 Å². The van der Waals surface area contributed by atoms with Gasteiger partial charge in [-0.3, -0.25) is 14.3 Å². The van der Waals surface area contributed by atoms with Crippen LogP contribution in [0.2, 0.25) is 0 Å². The number of likely N-dealkylation sites (tertiary alicyclic amines) is 1. The fourth-order valence-electron chi connectivity index (χ4n) is 6.66. The van der Waals surface area contributed by atoms with E-state index >= 15 is 0 Å². The van der Waals surface area contributed by atoms with Gasteiger partial charge < -0.3 is 14.4 Å². The second kappa shape index (κ2) is 10.8. The molecular formula is C31H37N5O3. The molecule has 1 N–H and O–H groups in total. The topological polar surface area (TPSA) is 87.4 Å². The standard InChI is InChI=1S/C31H37N5O3/c1-34-17-9-14-24(19-34)35(2)27(37)20-36-26-18-23(30-32-31(38)39-33-30)15-16-25(26)28(21-10-5-3-6-11-21)29(36)22-12-7-4-8-13-22/h4,7-8,12-13,15-16,18,21,24H,3,5-6,9-11,14,17,19-20H2,1-2H3,(H,32,33,38). The lowest BCUT2D eigenvalue weighted by Crippen LogP contribution is -2.48. The molecule has 2 aromatic carbocycles. The van der Waals surface area contributed by atoms with Crippen LogP contribution in [0.4, 0.5) is 0 Å². The van der Waals surface area contributed by atoms with Crippen LogP contribution in [0.15, 0.2) is 57.8 Å². The summed E-state index contributed by atoms with van der Waals surface area (Å²) < 4.78 is 7.00.